The second-order valence-electron chi connectivity index (χ2n) is 9.76. The van der Waals surface area contributed by atoms with Crippen LogP contribution in [0, 0.1) is 17.8 Å². The van der Waals surface area contributed by atoms with Crippen LogP contribution >= 0.6 is 11.3 Å². The van der Waals surface area contributed by atoms with Crippen LogP contribution in [0.3, 0.4) is 0 Å². The summed E-state index contributed by atoms with van der Waals surface area (Å²) < 4.78 is 0. The van der Waals surface area contributed by atoms with Crippen molar-refractivity contribution >= 4 is 22.9 Å². The Morgan fingerprint density at radius 1 is 0.933 bits per heavy atom. The maximum Gasteiger partial charge on any atom is 0.164 e. The molecule has 3 aliphatic rings. The Bertz CT molecular complexity index is 918. The number of benzene rings is 1. The van der Waals surface area contributed by atoms with Gasteiger partial charge in [0.05, 0.1) is 0 Å². The zero-order valence-electron chi connectivity index (χ0n) is 17.8. The first-order chi connectivity index (χ1) is 14.7. The largest absolute Gasteiger partial charge is 0.299 e. The minimum absolute atomic E-state index is 0.275. The molecule has 2 saturated carbocycles. The molecule has 0 N–H and O–H groups in total. The van der Waals surface area contributed by atoms with Crippen molar-refractivity contribution in [2.75, 3.05) is 0 Å². The maximum absolute atomic E-state index is 13.3. The molecule has 0 saturated heterocycles. The van der Waals surface area contributed by atoms with E-state index in [1.807, 2.05) is 0 Å². The standard InChI is InChI=1S/C27H32O2S/c28-23(14-10-19-6-7-19)27-22-16-20(9-8-18-4-2-1-3-5-18)11-15-25(22)30-26(27)17-24(29)21-12-13-21/h1-5,19-21H,6-17H2. The van der Waals surface area contributed by atoms with E-state index in [0.29, 0.717) is 30.3 Å². The number of carbonyl (C=O) groups excluding carboxylic acids is 2. The summed E-state index contributed by atoms with van der Waals surface area (Å²) in [5.74, 6) is 2.39. The molecule has 0 amide bonds. The summed E-state index contributed by atoms with van der Waals surface area (Å²) in [7, 11) is 0. The van der Waals surface area contributed by atoms with Gasteiger partial charge >= 0.3 is 0 Å². The maximum atomic E-state index is 13.3. The number of hydrogen-bond acceptors (Lipinski definition) is 3. The highest BCUT2D eigenvalue weighted by Gasteiger charge is 2.34. The smallest absolute Gasteiger partial charge is 0.164 e. The van der Waals surface area contributed by atoms with Gasteiger partial charge in [-0.2, -0.15) is 0 Å². The summed E-state index contributed by atoms with van der Waals surface area (Å²) >= 11 is 1.79. The fourth-order valence-corrected chi connectivity index (χ4v) is 6.38. The molecule has 1 unspecified atom stereocenters. The van der Waals surface area contributed by atoms with E-state index < -0.39 is 0 Å². The summed E-state index contributed by atoms with van der Waals surface area (Å²) in [6.45, 7) is 0. The number of rotatable bonds is 10. The van der Waals surface area contributed by atoms with Gasteiger partial charge in [-0.05, 0) is 74.3 Å². The van der Waals surface area contributed by atoms with E-state index in [2.05, 4.69) is 30.3 Å². The fourth-order valence-electron chi connectivity index (χ4n) is 5.00. The predicted octanol–water partition coefficient (Wildman–Crippen LogP) is 6.38. The summed E-state index contributed by atoms with van der Waals surface area (Å²) in [5.41, 5.74) is 3.71. The first kappa shape index (κ1) is 20.2. The number of fused-ring (bicyclic) bond motifs is 1. The molecule has 0 spiro atoms. The zero-order chi connectivity index (χ0) is 20.5. The topological polar surface area (TPSA) is 34.1 Å². The summed E-state index contributed by atoms with van der Waals surface area (Å²) in [6, 6.07) is 10.7. The molecular weight excluding hydrogens is 388 g/mol. The molecule has 158 valence electrons. The zero-order valence-corrected chi connectivity index (χ0v) is 18.6. The van der Waals surface area contributed by atoms with Crippen molar-refractivity contribution in [1.29, 1.82) is 0 Å². The third kappa shape index (κ3) is 4.77. The Labute approximate surface area is 184 Å². The Hall–Kier alpha value is -1.74. The second kappa shape index (κ2) is 8.78. The molecule has 2 nitrogen and oxygen atoms in total. The van der Waals surface area contributed by atoms with E-state index in [-0.39, 0.29) is 5.92 Å². The molecule has 2 aromatic rings. The van der Waals surface area contributed by atoms with Crippen molar-refractivity contribution < 1.29 is 9.59 Å². The van der Waals surface area contributed by atoms with Crippen molar-refractivity contribution in [3.8, 4) is 0 Å². The Morgan fingerprint density at radius 3 is 2.47 bits per heavy atom. The van der Waals surface area contributed by atoms with E-state index in [1.54, 1.807) is 11.3 Å². The van der Waals surface area contributed by atoms with Gasteiger partial charge in [0.15, 0.2) is 5.78 Å². The molecule has 2 fully saturated rings. The third-order valence-electron chi connectivity index (χ3n) is 7.24. The van der Waals surface area contributed by atoms with Crippen LogP contribution in [0.2, 0.25) is 0 Å². The Kier molecular flexibility index (Phi) is 5.91. The minimum atomic E-state index is 0.275. The Morgan fingerprint density at radius 2 is 1.73 bits per heavy atom. The van der Waals surface area contributed by atoms with Crippen molar-refractivity contribution in [2.24, 2.45) is 17.8 Å². The number of Topliss-reactive ketones (excluding diaryl/α,β-unsaturated/α-hetero) is 2. The van der Waals surface area contributed by atoms with Crippen LogP contribution in [-0.2, 0) is 30.5 Å². The van der Waals surface area contributed by atoms with Crippen LogP contribution in [0.15, 0.2) is 30.3 Å². The lowest BCUT2D eigenvalue weighted by Gasteiger charge is -2.23. The first-order valence-electron chi connectivity index (χ1n) is 11.9. The lowest BCUT2D eigenvalue weighted by Crippen LogP contribution is -2.17. The quantitative estimate of drug-likeness (QED) is 0.418. The van der Waals surface area contributed by atoms with Crippen LogP contribution in [0.1, 0.15) is 82.6 Å². The van der Waals surface area contributed by atoms with Crippen LogP contribution in [0.25, 0.3) is 0 Å². The molecule has 0 radical (unpaired) electrons. The average Bonchev–Trinajstić information content (AvgIpc) is 3.67. The molecule has 0 bridgehead atoms. The highest BCUT2D eigenvalue weighted by Crippen LogP contribution is 2.41. The number of carbonyl (C=O) groups is 2. The van der Waals surface area contributed by atoms with Gasteiger partial charge in [-0.25, -0.2) is 0 Å². The van der Waals surface area contributed by atoms with E-state index in [9.17, 15) is 9.59 Å². The molecule has 30 heavy (non-hydrogen) atoms. The molecule has 1 atom stereocenters. The van der Waals surface area contributed by atoms with Gasteiger partial charge in [-0.1, -0.05) is 43.2 Å². The van der Waals surface area contributed by atoms with E-state index >= 15 is 0 Å². The van der Waals surface area contributed by atoms with Crippen LogP contribution < -0.4 is 0 Å². The summed E-state index contributed by atoms with van der Waals surface area (Å²) in [4.78, 5) is 28.3. The molecule has 0 aliphatic heterocycles. The molecule has 3 aliphatic carbocycles. The van der Waals surface area contributed by atoms with E-state index in [0.717, 1.165) is 54.9 Å². The highest BCUT2D eigenvalue weighted by atomic mass is 32.1. The molecular formula is C27H32O2S. The van der Waals surface area contributed by atoms with E-state index in [1.165, 1.54) is 41.7 Å². The normalized spacial score (nSPS) is 20.7. The minimum Gasteiger partial charge on any atom is -0.299 e. The molecule has 5 rings (SSSR count). The van der Waals surface area contributed by atoms with Crippen molar-refractivity contribution in [1.82, 2.24) is 0 Å². The number of aryl methyl sites for hydroxylation is 2. The highest BCUT2D eigenvalue weighted by molar-refractivity contribution is 7.12. The lowest BCUT2D eigenvalue weighted by atomic mass is 9.81. The van der Waals surface area contributed by atoms with E-state index in [4.69, 9.17) is 0 Å². The SMILES string of the molecule is O=C(CCC1CC1)c1c(CC(=O)C2CC2)sc2c1CC(CCc1ccccc1)CC2. The first-order valence-corrected chi connectivity index (χ1v) is 12.7. The van der Waals surface area contributed by atoms with Gasteiger partial charge in [0, 0.05) is 34.1 Å². The van der Waals surface area contributed by atoms with Gasteiger partial charge in [-0.3, -0.25) is 9.59 Å². The third-order valence-corrected chi connectivity index (χ3v) is 8.53. The van der Waals surface area contributed by atoms with Crippen LogP contribution in [0.4, 0.5) is 0 Å². The van der Waals surface area contributed by atoms with Gasteiger partial charge in [-0.15, -0.1) is 11.3 Å². The predicted molar refractivity (Wildman–Crippen MR) is 122 cm³/mol. The van der Waals surface area contributed by atoms with Crippen LogP contribution in [0.5, 0.6) is 0 Å². The molecule has 1 heterocycles. The van der Waals surface area contributed by atoms with Gasteiger partial charge in [0.2, 0.25) is 0 Å². The van der Waals surface area contributed by atoms with Gasteiger partial charge in [0.1, 0.15) is 5.78 Å². The number of ketones is 2. The molecule has 1 aromatic carbocycles. The Balaban J connectivity index is 1.33. The van der Waals surface area contributed by atoms with Crippen molar-refractivity contribution in [3.05, 3.63) is 56.8 Å². The van der Waals surface area contributed by atoms with Gasteiger partial charge in [0.25, 0.3) is 0 Å². The molecule has 3 heteroatoms. The number of thiophene rings is 1. The molecule has 1 aromatic heterocycles. The monoisotopic (exact) mass is 420 g/mol. The fraction of sp³-hybridized carbons (Fsp3) is 0.556. The average molecular weight is 421 g/mol. The summed E-state index contributed by atoms with van der Waals surface area (Å²) in [6.07, 6.45) is 12.5. The summed E-state index contributed by atoms with van der Waals surface area (Å²) in [5, 5.41) is 0. The van der Waals surface area contributed by atoms with Crippen LogP contribution in [-0.4, -0.2) is 11.6 Å². The van der Waals surface area contributed by atoms with Gasteiger partial charge < -0.3 is 0 Å². The van der Waals surface area contributed by atoms with Crippen molar-refractivity contribution in [3.63, 3.8) is 0 Å². The lowest BCUT2D eigenvalue weighted by molar-refractivity contribution is -0.119. The number of hydrogen-bond donors (Lipinski definition) is 0. The second-order valence-corrected chi connectivity index (χ2v) is 10.9. The van der Waals surface area contributed by atoms with Crippen molar-refractivity contribution in [2.45, 2.75) is 77.0 Å².